The van der Waals surface area contributed by atoms with Crippen molar-refractivity contribution >= 4 is 28.6 Å². The quantitative estimate of drug-likeness (QED) is 0.838. The maximum absolute atomic E-state index is 6.05. The molecule has 78 valence electrons. The summed E-state index contributed by atoms with van der Waals surface area (Å²) in [6.45, 7) is 2.83. The van der Waals surface area contributed by atoms with Gasteiger partial charge in [0.1, 0.15) is 0 Å². The number of aryl methyl sites for hydroxylation is 1. The maximum Gasteiger partial charge on any atom is 0.0451 e. The van der Waals surface area contributed by atoms with Gasteiger partial charge in [0.2, 0.25) is 0 Å². The van der Waals surface area contributed by atoms with Gasteiger partial charge < -0.3 is 5.32 Å². The summed E-state index contributed by atoms with van der Waals surface area (Å²) in [6.07, 6.45) is 0. The Morgan fingerprint density at radius 1 is 1.33 bits per heavy atom. The molecule has 0 amide bonds. The Bertz CT molecular complexity index is 437. The molecule has 2 aromatic rings. The van der Waals surface area contributed by atoms with Gasteiger partial charge in [-0.25, -0.2) is 0 Å². The lowest BCUT2D eigenvalue weighted by molar-refractivity contribution is 1.15. The van der Waals surface area contributed by atoms with E-state index < -0.39 is 0 Å². The smallest absolute Gasteiger partial charge is 0.0451 e. The van der Waals surface area contributed by atoms with Crippen molar-refractivity contribution in [1.29, 1.82) is 0 Å². The molecule has 0 unspecified atom stereocenters. The molecule has 0 radical (unpaired) electrons. The van der Waals surface area contributed by atoms with Crippen LogP contribution in [0.25, 0.3) is 0 Å². The van der Waals surface area contributed by atoms with Gasteiger partial charge in [0.25, 0.3) is 0 Å². The summed E-state index contributed by atoms with van der Waals surface area (Å²) in [4.78, 5) is 0. The number of halogens is 1. The van der Waals surface area contributed by atoms with Gasteiger partial charge in [-0.05, 0) is 35.6 Å². The van der Waals surface area contributed by atoms with E-state index in [-0.39, 0.29) is 0 Å². The second kappa shape index (κ2) is 4.69. The van der Waals surface area contributed by atoms with Crippen molar-refractivity contribution in [1.82, 2.24) is 0 Å². The van der Waals surface area contributed by atoms with Crippen LogP contribution in [0.3, 0.4) is 0 Å². The highest BCUT2D eigenvalue weighted by Gasteiger charge is 1.98. The number of anilines is 1. The Kier molecular flexibility index (Phi) is 3.29. The van der Waals surface area contributed by atoms with Crippen molar-refractivity contribution in [3.63, 3.8) is 0 Å². The number of hydrogen-bond donors (Lipinski definition) is 1. The first-order valence-corrected chi connectivity index (χ1v) is 6.09. The average Bonchev–Trinajstić information content (AvgIpc) is 2.73. The second-order valence-electron chi connectivity index (χ2n) is 3.45. The number of benzene rings is 1. The molecule has 1 aromatic carbocycles. The minimum Gasteiger partial charge on any atom is -0.380 e. The Labute approximate surface area is 98.7 Å². The van der Waals surface area contributed by atoms with Crippen LogP contribution in [0.1, 0.15) is 11.1 Å². The van der Waals surface area contributed by atoms with Crippen molar-refractivity contribution < 1.29 is 0 Å². The molecule has 3 heteroatoms. The third-order valence-electron chi connectivity index (χ3n) is 2.25. The van der Waals surface area contributed by atoms with Gasteiger partial charge in [-0.3, -0.25) is 0 Å². The first kappa shape index (κ1) is 10.5. The van der Waals surface area contributed by atoms with E-state index in [1.54, 1.807) is 11.3 Å². The van der Waals surface area contributed by atoms with Gasteiger partial charge in [0.05, 0.1) is 0 Å². The predicted molar refractivity (Wildman–Crippen MR) is 67.8 cm³/mol. The zero-order chi connectivity index (χ0) is 10.7. The van der Waals surface area contributed by atoms with Crippen LogP contribution in [-0.2, 0) is 6.54 Å². The normalized spacial score (nSPS) is 10.3. The van der Waals surface area contributed by atoms with Crippen LogP contribution in [0.2, 0.25) is 5.02 Å². The molecule has 0 atom stereocenters. The van der Waals surface area contributed by atoms with Crippen LogP contribution in [0.4, 0.5) is 5.69 Å². The molecule has 1 aromatic heterocycles. The molecule has 0 fully saturated rings. The highest BCUT2D eigenvalue weighted by atomic mass is 35.5. The molecule has 15 heavy (non-hydrogen) atoms. The third kappa shape index (κ3) is 2.74. The fourth-order valence-electron chi connectivity index (χ4n) is 1.32. The molecule has 0 bridgehead atoms. The zero-order valence-corrected chi connectivity index (χ0v) is 10.0. The van der Waals surface area contributed by atoms with Crippen LogP contribution >= 0.6 is 22.9 Å². The van der Waals surface area contributed by atoms with Crippen LogP contribution < -0.4 is 5.32 Å². The van der Waals surface area contributed by atoms with Gasteiger partial charge in [-0.2, -0.15) is 11.3 Å². The summed E-state index contributed by atoms with van der Waals surface area (Å²) in [5.41, 5.74) is 3.49. The molecule has 2 rings (SSSR count). The maximum atomic E-state index is 6.05. The molecule has 0 saturated carbocycles. The van der Waals surface area contributed by atoms with E-state index in [2.05, 4.69) is 28.2 Å². The average molecular weight is 238 g/mol. The number of hydrogen-bond acceptors (Lipinski definition) is 2. The van der Waals surface area contributed by atoms with E-state index in [4.69, 9.17) is 11.6 Å². The summed E-state index contributed by atoms with van der Waals surface area (Å²) < 4.78 is 0. The van der Waals surface area contributed by atoms with Crippen molar-refractivity contribution in [3.05, 3.63) is 51.2 Å². The molecular weight excluding hydrogens is 226 g/mol. The fourth-order valence-corrected chi connectivity index (χ4v) is 2.13. The third-order valence-corrected chi connectivity index (χ3v) is 3.34. The van der Waals surface area contributed by atoms with Crippen LogP contribution in [0, 0.1) is 6.92 Å². The molecule has 1 nitrogen and oxygen atoms in total. The van der Waals surface area contributed by atoms with Gasteiger partial charge in [-0.1, -0.05) is 23.7 Å². The second-order valence-corrected chi connectivity index (χ2v) is 4.64. The number of rotatable bonds is 3. The standard InChI is InChI=1S/C12H12ClNS/c1-9-2-3-10(6-12(9)13)7-14-11-4-5-15-8-11/h2-6,8,14H,7H2,1H3. The SMILES string of the molecule is Cc1ccc(CNc2ccsc2)cc1Cl. The van der Waals surface area contributed by atoms with Gasteiger partial charge in [0, 0.05) is 22.6 Å². The van der Waals surface area contributed by atoms with Crippen LogP contribution in [0.15, 0.2) is 35.0 Å². The largest absolute Gasteiger partial charge is 0.380 e. The van der Waals surface area contributed by atoms with E-state index in [0.717, 1.165) is 22.8 Å². The molecular formula is C12H12ClNS. The fraction of sp³-hybridized carbons (Fsp3) is 0.167. The minimum absolute atomic E-state index is 0.816. The molecule has 0 aliphatic rings. The highest BCUT2D eigenvalue weighted by Crippen LogP contribution is 2.18. The van der Waals surface area contributed by atoms with Crippen LogP contribution in [-0.4, -0.2) is 0 Å². The van der Waals surface area contributed by atoms with Gasteiger partial charge in [0.15, 0.2) is 0 Å². The van der Waals surface area contributed by atoms with Crippen molar-refractivity contribution in [3.8, 4) is 0 Å². The Hall–Kier alpha value is -0.990. The monoisotopic (exact) mass is 237 g/mol. The highest BCUT2D eigenvalue weighted by molar-refractivity contribution is 7.08. The molecule has 0 aliphatic carbocycles. The van der Waals surface area contributed by atoms with Gasteiger partial charge in [-0.15, -0.1) is 0 Å². The summed E-state index contributed by atoms with van der Waals surface area (Å²) in [6, 6.07) is 8.23. The molecule has 0 spiro atoms. The van der Waals surface area contributed by atoms with Crippen molar-refractivity contribution in [2.45, 2.75) is 13.5 Å². The molecule has 1 heterocycles. The lowest BCUT2D eigenvalue weighted by atomic mass is 10.1. The topological polar surface area (TPSA) is 12.0 Å². The van der Waals surface area contributed by atoms with E-state index >= 15 is 0 Å². The van der Waals surface area contributed by atoms with Crippen LogP contribution in [0.5, 0.6) is 0 Å². The zero-order valence-electron chi connectivity index (χ0n) is 8.46. The molecule has 0 saturated heterocycles. The molecule has 0 aliphatic heterocycles. The predicted octanol–water partition coefficient (Wildman–Crippen LogP) is 4.32. The first-order chi connectivity index (χ1) is 7.25. The number of thiophene rings is 1. The summed E-state index contributed by atoms with van der Waals surface area (Å²) in [5, 5.41) is 8.33. The lowest BCUT2D eigenvalue weighted by Gasteiger charge is -2.05. The van der Waals surface area contributed by atoms with E-state index in [1.165, 1.54) is 5.56 Å². The lowest BCUT2D eigenvalue weighted by Crippen LogP contribution is -1.98. The van der Waals surface area contributed by atoms with Crippen molar-refractivity contribution in [2.24, 2.45) is 0 Å². The van der Waals surface area contributed by atoms with Crippen molar-refractivity contribution in [2.75, 3.05) is 5.32 Å². The Balaban J connectivity index is 2.02. The van der Waals surface area contributed by atoms with Gasteiger partial charge >= 0.3 is 0 Å². The molecule has 1 N–H and O–H groups in total. The Morgan fingerprint density at radius 2 is 2.20 bits per heavy atom. The van der Waals surface area contributed by atoms with E-state index in [9.17, 15) is 0 Å². The summed E-state index contributed by atoms with van der Waals surface area (Å²) in [7, 11) is 0. The Morgan fingerprint density at radius 3 is 2.87 bits per heavy atom. The summed E-state index contributed by atoms with van der Waals surface area (Å²) >= 11 is 7.74. The summed E-state index contributed by atoms with van der Waals surface area (Å²) in [5.74, 6) is 0. The first-order valence-electron chi connectivity index (χ1n) is 4.77. The van der Waals surface area contributed by atoms with E-state index in [0.29, 0.717) is 0 Å². The van der Waals surface area contributed by atoms with E-state index in [1.807, 2.05) is 19.1 Å². The minimum atomic E-state index is 0.816. The number of nitrogens with one attached hydrogen (secondary N) is 1.